The van der Waals surface area contributed by atoms with Crippen LogP contribution in [0.25, 0.3) is 0 Å². The summed E-state index contributed by atoms with van der Waals surface area (Å²) in [5.74, 6) is 0. The highest BCUT2D eigenvalue weighted by atomic mass is 32.2. The van der Waals surface area contributed by atoms with Gasteiger partial charge in [0.05, 0.1) is 6.10 Å². The monoisotopic (exact) mass is 272 g/mol. The van der Waals surface area contributed by atoms with Crippen molar-refractivity contribution in [2.45, 2.75) is 23.8 Å². The molecule has 1 atom stereocenters. The number of rotatable bonds is 3. The fourth-order valence-electron chi connectivity index (χ4n) is 2.06. The van der Waals surface area contributed by atoms with Crippen molar-refractivity contribution in [2.24, 2.45) is 0 Å². The molecule has 0 saturated carbocycles. The lowest BCUT2D eigenvalue weighted by Crippen LogP contribution is -2.43. The van der Waals surface area contributed by atoms with Gasteiger partial charge in [0, 0.05) is 38.7 Å². The van der Waals surface area contributed by atoms with E-state index in [2.05, 4.69) is 4.98 Å². The Kier molecular flexibility index (Phi) is 3.84. The van der Waals surface area contributed by atoms with E-state index in [1.54, 1.807) is 7.11 Å². The number of sulfonamides is 1. The Morgan fingerprint density at radius 1 is 1.50 bits per heavy atom. The average Bonchev–Trinajstić information content (AvgIpc) is 2.39. The van der Waals surface area contributed by atoms with Crippen LogP contribution < -0.4 is 5.43 Å². The molecule has 1 aliphatic rings. The third kappa shape index (κ3) is 2.47. The summed E-state index contributed by atoms with van der Waals surface area (Å²) < 4.78 is 31.1. The Balaban J connectivity index is 2.32. The first-order valence-electron chi connectivity index (χ1n) is 5.76. The maximum Gasteiger partial charge on any atom is 0.248 e. The van der Waals surface area contributed by atoms with E-state index in [4.69, 9.17) is 4.74 Å². The number of ether oxygens (including phenoxy) is 1. The predicted molar refractivity (Wildman–Crippen MR) is 65.9 cm³/mol. The molecule has 0 amide bonds. The van der Waals surface area contributed by atoms with E-state index in [0.717, 1.165) is 12.8 Å². The molecule has 100 valence electrons. The molecule has 1 aromatic heterocycles. The summed E-state index contributed by atoms with van der Waals surface area (Å²) in [5, 5.41) is 0. The van der Waals surface area contributed by atoms with E-state index in [1.165, 1.54) is 22.8 Å². The van der Waals surface area contributed by atoms with Crippen LogP contribution in [0.3, 0.4) is 0 Å². The summed E-state index contributed by atoms with van der Waals surface area (Å²) in [6.07, 6.45) is 4.12. The minimum atomic E-state index is -3.73. The summed E-state index contributed by atoms with van der Waals surface area (Å²) in [5.41, 5.74) is -0.492. The van der Waals surface area contributed by atoms with Gasteiger partial charge in [-0.2, -0.15) is 4.31 Å². The molecule has 1 saturated heterocycles. The first-order valence-corrected chi connectivity index (χ1v) is 7.20. The van der Waals surface area contributed by atoms with E-state index in [0.29, 0.717) is 13.1 Å². The Labute approximate surface area is 106 Å². The van der Waals surface area contributed by atoms with E-state index >= 15 is 0 Å². The first-order chi connectivity index (χ1) is 8.55. The van der Waals surface area contributed by atoms with Gasteiger partial charge in [0.1, 0.15) is 4.90 Å². The van der Waals surface area contributed by atoms with E-state index < -0.39 is 15.5 Å². The number of aromatic amines is 1. The van der Waals surface area contributed by atoms with Crippen molar-refractivity contribution in [1.82, 2.24) is 9.29 Å². The summed E-state index contributed by atoms with van der Waals surface area (Å²) in [6.45, 7) is 0.726. The normalized spacial score (nSPS) is 21.9. The van der Waals surface area contributed by atoms with Crippen molar-refractivity contribution < 1.29 is 13.2 Å². The number of H-pyrrole nitrogens is 1. The van der Waals surface area contributed by atoms with Crippen LogP contribution in [0.1, 0.15) is 12.8 Å². The lowest BCUT2D eigenvalue weighted by atomic mass is 10.1. The number of nitrogens with zero attached hydrogens (tertiary/aromatic N) is 1. The van der Waals surface area contributed by atoms with Crippen molar-refractivity contribution in [3.63, 3.8) is 0 Å². The Morgan fingerprint density at radius 3 is 2.94 bits per heavy atom. The van der Waals surface area contributed by atoms with E-state index in [-0.39, 0.29) is 11.0 Å². The molecule has 0 spiro atoms. The van der Waals surface area contributed by atoms with E-state index in [9.17, 15) is 13.2 Å². The van der Waals surface area contributed by atoms with Crippen molar-refractivity contribution >= 4 is 10.0 Å². The van der Waals surface area contributed by atoms with Crippen LogP contribution in [0.15, 0.2) is 28.2 Å². The van der Waals surface area contributed by atoms with Gasteiger partial charge in [0.2, 0.25) is 15.5 Å². The Morgan fingerprint density at radius 2 is 2.28 bits per heavy atom. The number of hydrogen-bond donors (Lipinski definition) is 1. The van der Waals surface area contributed by atoms with Crippen LogP contribution in [0.5, 0.6) is 0 Å². The number of pyridine rings is 1. The highest BCUT2D eigenvalue weighted by Gasteiger charge is 2.31. The number of piperidine rings is 1. The van der Waals surface area contributed by atoms with Gasteiger partial charge in [-0.3, -0.25) is 4.79 Å². The number of hydrogen-bond acceptors (Lipinski definition) is 4. The lowest BCUT2D eigenvalue weighted by Gasteiger charge is -2.30. The molecular formula is C11H16N2O4S. The van der Waals surface area contributed by atoms with Crippen LogP contribution in [0.4, 0.5) is 0 Å². The quantitative estimate of drug-likeness (QED) is 0.851. The zero-order valence-corrected chi connectivity index (χ0v) is 10.9. The summed E-state index contributed by atoms with van der Waals surface area (Å²) in [6, 6.07) is 1.21. The SMILES string of the molecule is COC1CCCN(S(=O)(=O)c2c[nH]ccc2=O)C1. The largest absolute Gasteiger partial charge is 0.380 e. The van der Waals surface area contributed by atoms with Crippen molar-refractivity contribution in [2.75, 3.05) is 20.2 Å². The first kappa shape index (κ1) is 13.3. The lowest BCUT2D eigenvalue weighted by molar-refractivity contribution is 0.0571. The smallest absolute Gasteiger partial charge is 0.248 e. The molecule has 7 heteroatoms. The third-order valence-corrected chi connectivity index (χ3v) is 4.97. The van der Waals surface area contributed by atoms with Gasteiger partial charge in [0.15, 0.2) is 0 Å². The zero-order valence-electron chi connectivity index (χ0n) is 10.1. The van der Waals surface area contributed by atoms with Crippen LogP contribution in [0, 0.1) is 0 Å². The van der Waals surface area contributed by atoms with Gasteiger partial charge < -0.3 is 9.72 Å². The molecule has 1 aliphatic heterocycles. The number of nitrogens with one attached hydrogen (secondary N) is 1. The fraction of sp³-hybridized carbons (Fsp3) is 0.545. The van der Waals surface area contributed by atoms with Crippen LogP contribution in [0.2, 0.25) is 0 Å². The molecule has 18 heavy (non-hydrogen) atoms. The van der Waals surface area contributed by atoms with Crippen LogP contribution in [-0.4, -0.2) is 44.0 Å². The molecule has 0 aliphatic carbocycles. The molecule has 0 bridgehead atoms. The molecule has 1 aromatic rings. The molecule has 0 aromatic carbocycles. The van der Waals surface area contributed by atoms with Gasteiger partial charge >= 0.3 is 0 Å². The average molecular weight is 272 g/mol. The van der Waals surface area contributed by atoms with Crippen LogP contribution in [-0.2, 0) is 14.8 Å². The second-order valence-corrected chi connectivity index (χ2v) is 6.14. The number of aromatic nitrogens is 1. The molecule has 0 radical (unpaired) electrons. The highest BCUT2D eigenvalue weighted by molar-refractivity contribution is 7.89. The molecule has 1 fully saturated rings. The minimum Gasteiger partial charge on any atom is -0.380 e. The summed E-state index contributed by atoms with van der Waals surface area (Å²) in [7, 11) is -2.16. The van der Waals surface area contributed by atoms with Crippen molar-refractivity contribution in [3.8, 4) is 0 Å². The summed E-state index contributed by atoms with van der Waals surface area (Å²) in [4.78, 5) is 14.0. The zero-order chi connectivity index (χ0) is 13.2. The summed E-state index contributed by atoms with van der Waals surface area (Å²) >= 11 is 0. The van der Waals surface area contributed by atoms with E-state index in [1.807, 2.05) is 0 Å². The maximum atomic E-state index is 12.3. The predicted octanol–water partition coefficient (Wildman–Crippen LogP) is 0.174. The standard InChI is InChI=1S/C11H16N2O4S/c1-17-9-3-2-6-13(8-9)18(15,16)11-7-12-5-4-10(11)14/h4-5,7,9H,2-3,6,8H2,1H3,(H,12,14). The Hall–Kier alpha value is -1.18. The van der Waals surface area contributed by atoms with Gasteiger partial charge in [-0.1, -0.05) is 0 Å². The highest BCUT2D eigenvalue weighted by Crippen LogP contribution is 2.19. The topological polar surface area (TPSA) is 79.5 Å². The molecule has 2 heterocycles. The minimum absolute atomic E-state index is 0.101. The fourth-order valence-corrected chi connectivity index (χ4v) is 3.61. The molecule has 2 rings (SSSR count). The molecular weight excluding hydrogens is 256 g/mol. The number of methoxy groups -OCH3 is 1. The maximum absolute atomic E-state index is 12.3. The molecule has 1 unspecified atom stereocenters. The second kappa shape index (κ2) is 5.21. The van der Waals surface area contributed by atoms with Gasteiger partial charge in [-0.15, -0.1) is 0 Å². The van der Waals surface area contributed by atoms with Gasteiger partial charge in [-0.25, -0.2) is 8.42 Å². The molecule has 1 N–H and O–H groups in total. The molecule has 6 nitrogen and oxygen atoms in total. The van der Waals surface area contributed by atoms with Gasteiger partial charge in [-0.05, 0) is 12.8 Å². The third-order valence-electron chi connectivity index (χ3n) is 3.08. The van der Waals surface area contributed by atoms with Crippen molar-refractivity contribution in [1.29, 1.82) is 0 Å². The van der Waals surface area contributed by atoms with Crippen molar-refractivity contribution in [3.05, 3.63) is 28.7 Å². The van der Waals surface area contributed by atoms with Gasteiger partial charge in [0.25, 0.3) is 0 Å². The Bertz CT molecular complexity index is 566. The van der Waals surface area contributed by atoms with Crippen LogP contribution >= 0.6 is 0 Å². The second-order valence-electron chi connectivity index (χ2n) is 4.24.